The summed E-state index contributed by atoms with van der Waals surface area (Å²) in [5.74, 6) is 0. The third kappa shape index (κ3) is 2.29. The molecule has 0 amide bonds. The highest BCUT2D eigenvalue weighted by Crippen LogP contribution is 2.43. The minimum Gasteiger partial charge on any atom is -0.373 e. The molecule has 0 radical (unpaired) electrons. The van der Waals surface area contributed by atoms with Gasteiger partial charge in [-0.3, -0.25) is 0 Å². The van der Waals surface area contributed by atoms with Gasteiger partial charge >= 0.3 is 0 Å². The molecule has 0 aromatic carbocycles. The molecule has 2 heteroatoms. The third-order valence-electron chi connectivity index (χ3n) is 3.39. The molecule has 1 N–H and O–H groups in total. The molecule has 1 heterocycles. The number of hydrogen-bond acceptors (Lipinski definition) is 2. The second kappa shape index (κ2) is 3.49. The first-order chi connectivity index (χ1) is 6.49. The van der Waals surface area contributed by atoms with Crippen LogP contribution in [0, 0.1) is 5.41 Å². The molecule has 1 spiro atoms. The summed E-state index contributed by atoms with van der Waals surface area (Å²) in [7, 11) is 0. The van der Waals surface area contributed by atoms with E-state index in [-0.39, 0.29) is 0 Å². The second-order valence-corrected chi connectivity index (χ2v) is 6.19. The van der Waals surface area contributed by atoms with Gasteiger partial charge in [0.25, 0.3) is 0 Å². The van der Waals surface area contributed by atoms with Crippen molar-refractivity contribution in [2.45, 2.75) is 58.1 Å². The zero-order valence-corrected chi connectivity index (χ0v) is 9.73. The fourth-order valence-corrected chi connectivity index (χ4v) is 2.35. The monoisotopic (exact) mass is 197 g/mol. The minimum absolute atomic E-state index is 0.301. The summed E-state index contributed by atoms with van der Waals surface area (Å²) >= 11 is 0. The van der Waals surface area contributed by atoms with E-state index in [9.17, 15) is 0 Å². The second-order valence-electron chi connectivity index (χ2n) is 6.19. The van der Waals surface area contributed by atoms with Crippen molar-refractivity contribution in [3.05, 3.63) is 0 Å². The Morgan fingerprint density at radius 2 is 2.07 bits per heavy atom. The average molecular weight is 197 g/mol. The van der Waals surface area contributed by atoms with E-state index in [1.807, 2.05) is 0 Å². The Bertz CT molecular complexity index is 203. The van der Waals surface area contributed by atoms with Crippen LogP contribution < -0.4 is 5.32 Å². The van der Waals surface area contributed by atoms with Crippen molar-refractivity contribution in [1.29, 1.82) is 0 Å². The van der Waals surface area contributed by atoms with Crippen LogP contribution in [0.1, 0.15) is 46.5 Å². The Morgan fingerprint density at radius 1 is 1.36 bits per heavy atom. The first-order valence-corrected chi connectivity index (χ1v) is 5.87. The Labute approximate surface area is 87.4 Å². The highest BCUT2D eigenvalue weighted by Gasteiger charge is 2.44. The molecule has 1 aliphatic heterocycles. The summed E-state index contributed by atoms with van der Waals surface area (Å²) in [5.41, 5.74) is 0.685. The third-order valence-corrected chi connectivity index (χ3v) is 3.39. The van der Waals surface area contributed by atoms with Gasteiger partial charge in [-0.15, -0.1) is 0 Å². The first-order valence-electron chi connectivity index (χ1n) is 5.87. The van der Waals surface area contributed by atoms with Gasteiger partial charge in [0, 0.05) is 12.6 Å². The summed E-state index contributed by atoms with van der Waals surface area (Å²) in [6.45, 7) is 8.84. The summed E-state index contributed by atoms with van der Waals surface area (Å²) in [6, 6.07) is 0.606. The van der Waals surface area contributed by atoms with Gasteiger partial charge in [-0.2, -0.15) is 0 Å². The summed E-state index contributed by atoms with van der Waals surface area (Å²) in [4.78, 5) is 0. The molecular formula is C12H23NO. The van der Waals surface area contributed by atoms with Crippen molar-refractivity contribution in [3.63, 3.8) is 0 Å². The molecule has 0 bridgehead atoms. The Hall–Kier alpha value is -0.0800. The fourth-order valence-electron chi connectivity index (χ4n) is 2.35. The van der Waals surface area contributed by atoms with Gasteiger partial charge in [0.2, 0.25) is 0 Å². The highest BCUT2D eigenvalue weighted by atomic mass is 16.5. The van der Waals surface area contributed by atoms with Crippen molar-refractivity contribution in [2.24, 2.45) is 5.41 Å². The van der Waals surface area contributed by atoms with Crippen LogP contribution in [0.15, 0.2) is 0 Å². The molecule has 2 nitrogen and oxygen atoms in total. The molecule has 1 aliphatic carbocycles. The molecule has 2 fully saturated rings. The molecule has 1 saturated carbocycles. The number of rotatable bonds is 2. The normalized spacial score (nSPS) is 30.6. The zero-order valence-electron chi connectivity index (χ0n) is 9.73. The van der Waals surface area contributed by atoms with Gasteiger partial charge < -0.3 is 10.1 Å². The molecule has 2 rings (SSSR count). The fraction of sp³-hybridized carbons (Fsp3) is 1.00. The van der Waals surface area contributed by atoms with Gasteiger partial charge in [-0.05, 0) is 31.1 Å². The molecule has 0 aromatic rings. The number of hydrogen-bond donors (Lipinski definition) is 1. The lowest BCUT2D eigenvalue weighted by Gasteiger charge is -2.37. The van der Waals surface area contributed by atoms with Crippen LogP contribution in [-0.2, 0) is 4.74 Å². The van der Waals surface area contributed by atoms with Crippen LogP contribution in [0.2, 0.25) is 0 Å². The molecule has 0 aromatic heterocycles. The molecule has 82 valence electrons. The Morgan fingerprint density at radius 3 is 2.50 bits per heavy atom. The quantitative estimate of drug-likeness (QED) is 0.733. The smallest absolute Gasteiger partial charge is 0.0699 e. The molecule has 2 aliphatic rings. The van der Waals surface area contributed by atoms with Crippen LogP contribution in [-0.4, -0.2) is 24.8 Å². The maximum Gasteiger partial charge on any atom is 0.0699 e. The highest BCUT2D eigenvalue weighted by molar-refractivity contribution is 4.98. The van der Waals surface area contributed by atoms with E-state index < -0.39 is 0 Å². The van der Waals surface area contributed by atoms with E-state index in [1.165, 1.54) is 25.7 Å². The van der Waals surface area contributed by atoms with Crippen molar-refractivity contribution in [2.75, 3.05) is 13.2 Å². The summed E-state index contributed by atoms with van der Waals surface area (Å²) in [6.07, 6.45) is 5.19. The molecule has 14 heavy (non-hydrogen) atoms. The van der Waals surface area contributed by atoms with Crippen molar-refractivity contribution in [1.82, 2.24) is 5.32 Å². The van der Waals surface area contributed by atoms with Gasteiger partial charge in [0.05, 0.1) is 12.2 Å². The van der Waals surface area contributed by atoms with Gasteiger partial charge in [-0.1, -0.05) is 20.8 Å². The average Bonchev–Trinajstić information content (AvgIpc) is 2.42. The maximum absolute atomic E-state index is 5.89. The lowest BCUT2D eigenvalue weighted by atomic mass is 9.77. The SMILES string of the molecule is CC(C)(C)CNC1COC2(CCC2)C1. The van der Waals surface area contributed by atoms with E-state index >= 15 is 0 Å². The van der Waals surface area contributed by atoms with Crippen molar-refractivity contribution >= 4 is 0 Å². The van der Waals surface area contributed by atoms with Crippen LogP contribution in [0.25, 0.3) is 0 Å². The van der Waals surface area contributed by atoms with Crippen LogP contribution >= 0.6 is 0 Å². The van der Waals surface area contributed by atoms with E-state index in [0.29, 0.717) is 17.1 Å². The number of nitrogens with one attached hydrogen (secondary N) is 1. The Balaban J connectivity index is 1.74. The zero-order chi connectivity index (χ0) is 10.2. The lowest BCUT2D eigenvalue weighted by Crippen LogP contribution is -2.39. The minimum atomic E-state index is 0.301. The molecule has 1 atom stereocenters. The van der Waals surface area contributed by atoms with Crippen LogP contribution in [0.4, 0.5) is 0 Å². The van der Waals surface area contributed by atoms with Gasteiger partial charge in [-0.25, -0.2) is 0 Å². The molecule has 1 unspecified atom stereocenters. The first kappa shape index (κ1) is 10.4. The topological polar surface area (TPSA) is 21.3 Å². The largest absolute Gasteiger partial charge is 0.373 e. The lowest BCUT2D eigenvalue weighted by molar-refractivity contribution is -0.0563. The summed E-state index contributed by atoms with van der Waals surface area (Å²) < 4.78 is 5.89. The standard InChI is InChI=1S/C12H23NO/c1-11(2,3)9-13-10-7-12(14-8-10)5-4-6-12/h10,13H,4-9H2,1-3H3. The van der Waals surface area contributed by atoms with Crippen LogP contribution in [0.3, 0.4) is 0 Å². The predicted molar refractivity (Wildman–Crippen MR) is 58.4 cm³/mol. The van der Waals surface area contributed by atoms with Crippen molar-refractivity contribution in [3.8, 4) is 0 Å². The van der Waals surface area contributed by atoms with E-state index in [1.54, 1.807) is 0 Å². The molecular weight excluding hydrogens is 174 g/mol. The van der Waals surface area contributed by atoms with E-state index in [2.05, 4.69) is 26.1 Å². The van der Waals surface area contributed by atoms with Crippen LogP contribution in [0.5, 0.6) is 0 Å². The van der Waals surface area contributed by atoms with E-state index in [0.717, 1.165) is 13.2 Å². The molecule has 1 saturated heterocycles. The predicted octanol–water partition coefficient (Wildman–Crippen LogP) is 2.33. The van der Waals surface area contributed by atoms with Crippen molar-refractivity contribution < 1.29 is 4.74 Å². The maximum atomic E-state index is 5.89. The summed E-state index contributed by atoms with van der Waals surface area (Å²) in [5, 5.41) is 3.62. The van der Waals surface area contributed by atoms with E-state index in [4.69, 9.17) is 4.74 Å². The number of ether oxygens (including phenoxy) is 1. The van der Waals surface area contributed by atoms with Gasteiger partial charge in [0.1, 0.15) is 0 Å². The van der Waals surface area contributed by atoms with Gasteiger partial charge in [0.15, 0.2) is 0 Å². The Kier molecular flexibility index (Phi) is 2.61.